The van der Waals surface area contributed by atoms with Gasteiger partial charge in [-0.1, -0.05) is 6.07 Å². The molecule has 3 heterocycles. The Morgan fingerprint density at radius 1 is 1.03 bits per heavy atom. The molecule has 7 heteroatoms. The number of benzene rings is 1. The molecule has 1 aromatic carbocycles. The van der Waals surface area contributed by atoms with Crippen LogP contribution in [0, 0.1) is 20.8 Å². The van der Waals surface area contributed by atoms with Crippen LogP contribution in [0.2, 0.25) is 0 Å². The summed E-state index contributed by atoms with van der Waals surface area (Å²) in [7, 11) is 1.60. The van der Waals surface area contributed by atoms with Crippen LogP contribution in [-0.4, -0.2) is 39.4 Å². The summed E-state index contributed by atoms with van der Waals surface area (Å²) in [6.45, 7) is 6.56. The number of pyridine rings is 1. The largest absolute Gasteiger partial charge is 0.497 e. The van der Waals surface area contributed by atoms with E-state index in [-0.39, 0.29) is 11.9 Å². The molecule has 1 saturated heterocycles. The molecule has 1 atom stereocenters. The second kappa shape index (κ2) is 8.71. The normalized spacial score (nSPS) is 15.7. The van der Waals surface area contributed by atoms with Crippen molar-refractivity contribution in [3.63, 3.8) is 0 Å². The SMILES string of the molecule is COc1cccc(C(=O)N2CCC[C@@H]2c2cc(Nc3nc(C)cc(C)n3)cc(C)n2)c1. The number of carbonyl (C=O) groups excluding carboxylic acids is 1. The van der Waals surface area contributed by atoms with E-state index in [0.29, 0.717) is 23.8 Å². The molecule has 0 aliphatic carbocycles. The molecule has 1 aliphatic rings. The molecule has 0 saturated carbocycles. The highest BCUT2D eigenvalue weighted by Crippen LogP contribution is 2.34. The van der Waals surface area contributed by atoms with Crippen LogP contribution >= 0.6 is 0 Å². The average molecular weight is 418 g/mol. The Morgan fingerprint density at radius 3 is 2.52 bits per heavy atom. The van der Waals surface area contributed by atoms with Crippen molar-refractivity contribution in [1.29, 1.82) is 0 Å². The molecule has 4 rings (SSSR count). The van der Waals surface area contributed by atoms with Crippen molar-refractivity contribution >= 4 is 17.5 Å². The lowest BCUT2D eigenvalue weighted by Crippen LogP contribution is -2.31. The highest BCUT2D eigenvalue weighted by Gasteiger charge is 2.32. The summed E-state index contributed by atoms with van der Waals surface area (Å²) in [5, 5.41) is 3.30. The van der Waals surface area contributed by atoms with Gasteiger partial charge in [-0.15, -0.1) is 0 Å². The van der Waals surface area contributed by atoms with E-state index < -0.39 is 0 Å². The fourth-order valence-electron chi connectivity index (χ4n) is 4.09. The van der Waals surface area contributed by atoms with Crippen LogP contribution in [0.25, 0.3) is 0 Å². The monoisotopic (exact) mass is 417 g/mol. The summed E-state index contributed by atoms with van der Waals surface area (Å²) in [6, 6.07) is 13.1. The summed E-state index contributed by atoms with van der Waals surface area (Å²) in [5.41, 5.74) is 5.07. The third-order valence-electron chi connectivity index (χ3n) is 5.38. The van der Waals surface area contributed by atoms with Crippen LogP contribution in [0.1, 0.15) is 52.0 Å². The first-order valence-corrected chi connectivity index (χ1v) is 10.5. The quantitative estimate of drug-likeness (QED) is 0.657. The van der Waals surface area contributed by atoms with Gasteiger partial charge >= 0.3 is 0 Å². The van der Waals surface area contributed by atoms with Crippen LogP contribution < -0.4 is 10.1 Å². The molecule has 0 spiro atoms. The highest BCUT2D eigenvalue weighted by molar-refractivity contribution is 5.95. The maximum absolute atomic E-state index is 13.2. The van der Waals surface area contributed by atoms with E-state index in [2.05, 4.69) is 15.3 Å². The zero-order valence-electron chi connectivity index (χ0n) is 18.3. The second-order valence-corrected chi connectivity index (χ2v) is 7.91. The number of hydrogen-bond donors (Lipinski definition) is 1. The van der Waals surface area contributed by atoms with Gasteiger partial charge in [-0.2, -0.15) is 0 Å². The molecule has 1 amide bonds. The van der Waals surface area contributed by atoms with E-state index in [9.17, 15) is 4.79 Å². The minimum Gasteiger partial charge on any atom is -0.497 e. The van der Waals surface area contributed by atoms with Gasteiger partial charge in [-0.3, -0.25) is 9.78 Å². The van der Waals surface area contributed by atoms with Crippen molar-refractivity contribution in [1.82, 2.24) is 19.9 Å². The third kappa shape index (κ3) is 4.66. The maximum Gasteiger partial charge on any atom is 0.254 e. The number of aryl methyl sites for hydroxylation is 3. The third-order valence-corrected chi connectivity index (χ3v) is 5.38. The summed E-state index contributed by atoms with van der Waals surface area (Å²) < 4.78 is 5.28. The number of rotatable bonds is 5. The molecular formula is C24H27N5O2. The standard InChI is InChI=1S/C24H27N5O2/c1-15-11-16(2)27-24(26-15)28-19-12-17(3)25-21(14-19)22-9-6-10-29(22)23(30)18-7-5-8-20(13-18)31-4/h5,7-8,11-14,22H,6,9-10H2,1-4H3,(H,25,26,27,28)/t22-/m1/s1. The van der Waals surface area contributed by atoms with Gasteiger partial charge in [0.05, 0.1) is 18.8 Å². The van der Waals surface area contributed by atoms with E-state index in [0.717, 1.165) is 41.3 Å². The van der Waals surface area contributed by atoms with Gasteiger partial charge in [0.25, 0.3) is 5.91 Å². The predicted octanol–water partition coefficient (Wildman–Crippen LogP) is 4.53. The van der Waals surface area contributed by atoms with Crippen LogP contribution in [0.4, 0.5) is 11.6 Å². The van der Waals surface area contributed by atoms with Gasteiger partial charge in [-0.25, -0.2) is 9.97 Å². The Kier molecular flexibility index (Phi) is 5.84. The number of methoxy groups -OCH3 is 1. The fourth-order valence-corrected chi connectivity index (χ4v) is 4.09. The molecular weight excluding hydrogens is 390 g/mol. The molecule has 2 aromatic heterocycles. The first-order valence-electron chi connectivity index (χ1n) is 10.5. The highest BCUT2D eigenvalue weighted by atomic mass is 16.5. The lowest BCUT2D eigenvalue weighted by molar-refractivity contribution is 0.0732. The van der Waals surface area contributed by atoms with Gasteiger partial charge in [0.1, 0.15) is 5.75 Å². The Morgan fingerprint density at radius 2 is 1.77 bits per heavy atom. The van der Waals surface area contributed by atoms with Gasteiger partial charge in [0.2, 0.25) is 5.95 Å². The summed E-state index contributed by atoms with van der Waals surface area (Å²) in [4.78, 5) is 28.8. The molecule has 0 bridgehead atoms. The van der Waals surface area contributed by atoms with Crippen molar-refractivity contribution in [2.75, 3.05) is 19.0 Å². The lowest BCUT2D eigenvalue weighted by Gasteiger charge is -2.25. The van der Waals surface area contributed by atoms with Crippen molar-refractivity contribution in [2.45, 2.75) is 39.7 Å². The molecule has 31 heavy (non-hydrogen) atoms. The molecule has 1 fully saturated rings. The number of aromatic nitrogens is 3. The molecule has 0 unspecified atom stereocenters. The molecule has 7 nitrogen and oxygen atoms in total. The lowest BCUT2D eigenvalue weighted by atomic mass is 10.1. The fraction of sp³-hybridized carbons (Fsp3) is 0.333. The summed E-state index contributed by atoms with van der Waals surface area (Å²) in [6.07, 6.45) is 1.82. The molecule has 160 valence electrons. The van der Waals surface area contributed by atoms with E-state index >= 15 is 0 Å². The Bertz CT molecular complexity index is 1090. The van der Waals surface area contributed by atoms with Crippen molar-refractivity contribution in [3.8, 4) is 5.75 Å². The first kappa shape index (κ1) is 20.8. The number of hydrogen-bond acceptors (Lipinski definition) is 6. The van der Waals surface area contributed by atoms with E-state index in [1.165, 1.54) is 0 Å². The van der Waals surface area contributed by atoms with Gasteiger partial charge in [0.15, 0.2) is 0 Å². The molecule has 0 radical (unpaired) electrons. The number of nitrogens with one attached hydrogen (secondary N) is 1. The number of ether oxygens (including phenoxy) is 1. The van der Waals surface area contributed by atoms with E-state index in [4.69, 9.17) is 9.72 Å². The maximum atomic E-state index is 13.2. The van der Waals surface area contributed by atoms with E-state index in [1.807, 2.05) is 62.1 Å². The van der Waals surface area contributed by atoms with Crippen molar-refractivity contribution < 1.29 is 9.53 Å². The van der Waals surface area contributed by atoms with Crippen LogP contribution in [0.5, 0.6) is 5.75 Å². The summed E-state index contributed by atoms with van der Waals surface area (Å²) >= 11 is 0. The van der Waals surface area contributed by atoms with Gasteiger partial charge in [0, 0.05) is 34.9 Å². The first-order chi connectivity index (χ1) is 14.9. The van der Waals surface area contributed by atoms with Crippen LogP contribution in [0.3, 0.4) is 0 Å². The van der Waals surface area contributed by atoms with Crippen LogP contribution in [0.15, 0.2) is 42.5 Å². The Labute approximate surface area is 182 Å². The predicted molar refractivity (Wildman–Crippen MR) is 120 cm³/mol. The molecule has 1 aliphatic heterocycles. The minimum atomic E-state index is -0.0701. The van der Waals surface area contributed by atoms with Gasteiger partial charge in [-0.05, 0) is 70.0 Å². The van der Waals surface area contributed by atoms with Gasteiger partial charge < -0.3 is 15.0 Å². The second-order valence-electron chi connectivity index (χ2n) is 7.91. The Hall–Kier alpha value is -3.48. The molecule has 3 aromatic rings. The van der Waals surface area contributed by atoms with Crippen molar-refractivity contribution in [3.05, 3.63) is 70.8 Å². The number of carbonyl (C=O) groups is 1. The molecule has 1 N–H and O–H groups in total. The smallest absolute Gasteiger partial charge is 0.254 e. The number of nitrogens with zero attached hydrogens (tertiary/aromatic N) is 4. The number of amides is 1. The Balaban J connectivity index is 1.61. The number of likely N-dealkylation sites (tertiary alicyclic amines) is 1. The zero-order chi connectivity index (χ0) is 22.0. The average Bonchev–Trinajstić information content (AvgIpc) is 3.22. The van der Waals surface area contributed by atoms with Crippen molar-refractivity contribution in [2.24, 2.45) is 0 Å². The topological polar surface area (TPSA) is 80.2 Å². The summed E-state index contributed by atoms with van der Waals surface area (Å²) in [5.74, 6) is 1.23. The van der Waals surface area contributed by atoms with Crippen LogP contribution in [-0.2, 0) is 0 Å². The zero-order valence-corrected chi connectivity index (χ0v) is 18.3. The van der Waals surface area contributed by atoms with E-state index in [1.54, 1.807) is 13.2 Å². The minimum absolute atomic E-state index is 0.00291. The number of anilines is 2.